The third-order valence-corrected chi connectivity index (χ3v) is 7.57. The quantitative estimate of drug-likeness (QED) is 0.682. The number of sulfonamides is 1. The Morgan fingerprint density at radius 1 is 1.19 bits per heavy atom. The molecule has 0 bridgehead atoms. The molecule has 32 heavy (non-hydrogen) atoms. The molecule has 0 spiro atoms. The van der Waals surface area contributed by atoms with Crippen molar-refractivity contribution in [2.45, 2.75) is 56.1 Å². The van der Waals surface area contributed by atoms with Crippen LogP contribution in [-0.4, -0.2) is 80.8 Å². The van der Waals surface area contributed by atoms with Gasteiger partial charge in [-0.05, 0) is 31.4 Å². The fourth-order valence-electron chi connectivity index (χ4n) is 4.36. The first kappa shape index (κ1) is 22.7. The number of amides is 2. The third kappa shape index (κ3) is 4.66. The molecule has 1 N–H and O–H groups in total. The number of nitrogens with one attached hydrogen (secondary N) is 1. The first-order valence-electron chi connectivity index (χ1n) is 11.3. The van der Waals surface area contributed by atoms with Crippen molar-refractivity contribution in [1.82, 2.24) is 14.5 Å². The molecule has 10 heteroatoms. The number of carbonyl (C=O) groups is 2. The normalized spacial score (nSPS) is 24.3. The second-order valence-electron chi connectivity index (χ2n) is 8.39. The lowest BCUT2D eigenvalue weighted by Gasteiger charge is -2.36. The van der Waals surface area contributed by atoms with Gasteiger partial charge >= 0.3 is 0 Å². The van der Waals surface area contributed by atoms with Crippen LogP contribution in [0.25, 0.3) is 0 Å². The monoisotopic (exact) mass is 462 g/mol. The van der Waals surface area contributed by atoms with Crippen LogP contribution in [0, 0.1) is 0 Å². The molecule has 1 aromatic carbocycles. The first-order chi connectivity index (χ1) is 15.4. The maximum absolute atomic E-state index is 13.3. The fourth-order valence-corrected chi connectivity index (χ4v) is 5.60. The van der Waals surface area contributed by atoms with Gasteiger partial charge in [0.1, 0.15) is 18.0 Å². The number of ether oxygens (including phenoxy) is 1. The molecule has 2 amide bonds. The van der Waals surface area contributed by atoms with E-state index in [4.69, 9.17) is 4.74 Å². The van der Waals surface area contributed by atoms with E-state index >= 15 is 0 Å². The number of hydrogen-bond donors (Lipinski definition) is 1. The Morgan fingerprint density at radius 2 is 1.91 bits per heavy atom. The smallest absolute Gasteiger partial charge is 0.263 e. The van der Waals surface area contributed by atoms with E-state index < -0.39 is 16.1 Å². The van der Waals surface area contributed by atoms with Gasteiger partial charge in [-0.15, -0.1) is 0 Å². The average molecular weight is 463 g/mol. The molecule has 2 saturated heterocycles. The second-order valence-corrected chi connectivity index (χ2v) is 10.0. The van der Waals surface area contributed by atoms with Crippen LogP contribution in [0.1, 0.15) is 44.6 Å². The number of nitrogens with zero attached hydrogens (tertiary/aromatic N) is 3. The molecule has 2 unspecified atom stereocenters. The van der Waals surface area contributed by atoms with Crippen molar-refractivity contribution in [3.05, 3.63) is 29.8 Å². The summed E-state index contributed by atoms with van der Waals surface area (Å²) in [7, 11) is -3.66. The second kappa shape index (κ2) is 9.58. The van der Waals surface area contributed by atoms with E-state index in [1.54, 1.807) is 28.0 Å². The van der Waals surface area contributed by atoms with E-state index in [1.807, 2.05) is 6.92 Å². The molecule has 4 rings (SSSR count). The Morgan fingerprint density at radius 3 is 2.59 bits per heavy atom. The zero-order chi connectivity index (χ0) is 22.7. The molecule has 2 atom stereocenters. The summed E-state index contributed by atoms with van der Waals surface area (Å²) >= 11 is 0. The highest BCUT2D eigenvalue weighted by Crippen LogP contribution is 2.24. The van der Waals surface area contributed by atoms with Crippen LogP contribution in [-0.2, 0) is 24.3 Å². The molecule has 9 nitrogen and oxygen atoms in total. The van der Waals surface area contributed by atoms with Gasteiger partial charge in [-0.3, -0.25) is 19.3 Å². The van der Waals surface area contributed by atoms with Crippen LogP contribution >= 0.6 is 0 Å². The van der Waals surface area contributed by atoms with Gasteiger partial charge in [-0.25, -0.2) is 8.42 Å². The van der Waals surface area contributed by atoms with E-state index in [1.165, 1.54) is 6.07 Å². The molecule has 174 valence electrons. The highest BCUT2D eigenvalue weighted by molar-refractivity contribution is 7.90. The van der Waals surface area contributed by atoms with E-state index in [2.05, 4.69) is 9.71 Å². The van der Waals surface area contributed by atoms with Crippen molar-refractivity contribution in [3.63, 3.8) is 0 Å². The summed E-state index contributed by atoms with van der Waals surface area (Å²) in [6.45, 7) is 4.48. The van der Waals surface area contributed by atoms with Crippen molar-refractivity contribution in [2.24, 2.45) is 4.99 Å². The van der Waals surface area contributed by atoms with Crippen LogP contribution in [0.3, 0.4) is 0 Å². The fraction of sp³-hybridized carbons (Fsp3) is 0.591. The van der Waals surface area contributed by atoms with Crippen molar-refractivity contribution in [3.8, 4) is 0 Å². The summed E-state index contributed by atoms with van der Waals surface area (Å²) in [5.41, 5.74) is 0.494. The zero-order valence-corrected chi connectivity index (χ0v) is 19.1. The van der Waals surface area contributed by atoms with E-state index in [9.17, 15) is 18.0 Å². The minimum absolute atomic E-state index is 0.00865. The van der Waals surface area contributed by atoms with Gasteiger partial charge < -0.3 is 14.5 Å². The summed E-state index contributed by atoms with van der Waals surface area (Å²) in [6, 6.07) is 5.98. The number of benzene rings is 1. The Labute approximate surface area is 188 Å². The van der Waals surface area contributed by atoms with E-state index in [0.29, 0.717) is 44.8 Å². The molecule has 0 radical (unpaired) electrons. The first-order valence-corrected chi connectivity index (χ1v) is 12.8. The van der Waals surface area contributed by atoms with Crippen molar-refractivity contribution in [2.75, 3.05) is 32.8 Å². The molecule has 0 aromatic heterocycles. The van der Waals surface area contributed by atoms with Crippen LogP contribution < -0.4 is 4.72 Å². The minimum atomic E-state index is -3.66. The third-order valence-electron chi connectivity index (χ3n) is 6.17. The highest BCUT2D eigenvalue weighted by Gasteiger charge is 2.35. The number of unbranched alkanes of at least 4 members (excludes halogenated alkanes) is 1. The number of piperazine rings is 1. The van der Waals surface area contributed by atoms with Gasteiger partial charge in [0.15, 0.2) is 0 Å². The van der Waals surface area contributed by atoms with Crippen LogP contribution in [0.2, 0.25) is 0 Å². The molecule has 3 aliphatic heterocycles. The number of aliphatic imine (C=N–C) groups is 1. The van der Waals surface area contributed by atoms with Crippen molar-refractivity contribution in [1.29, 1.82) is 0 Å². The topological polar surface area (TPSA) is 108 Å². The molecule has 1 aromatic rings. The summed E-state index contributed by atoms with van der Waals surface area (Å²) in [5.74, 6) is 0.107. The Balaban J connectivity index is 1.46. The standard InChI is InChI=1S/C22H30N4O5S/c1-2-3-8-17(23-20-16-7-4-5-10-19(16)32(29,30)24-20)21(27)25-11-13-26(14-12-25)22(28)18-9-6-15-31-18/h4-5,7,10,17-18H,2-3,6,8-9,11-15H2,1H3,(H,23,24). The maximum atomic E-state index is 13.3. The van der Waals surface area contributed by atoms with Crippen LogP contribution in [0.5, 0.6) is 0 Å². The summed E-state index contributed by atoms with van der Waals surface area (Å²) in [6.07, 6.45) is 3.56. The lowest BCUT2D eigenvalue weighted by molar-refractivity contribution is -0.146. The molecule has 0 aliphatic carbocycles. The Kier molecular flexibility index (Phi) is 6.80. The summed E-state index contributed by atoms with van der Waals surface area (Å²) < 4.78 is 32.8. The highest BCUT2D eigenvalue weighted by atomic mass is 32.2. The van der Waals surface area contributed by atoms with Crippen molar-refractivity contribution >= 4 is 27.7 Å². The van der Waals surface area contributed by atoms with Gasteiger partial charge in [-0.1, -0.05) is 31.9 Å². The number of carbonyl (C=O) groups excluding carboxylic acids is 2. The summed E-state index contributed by atoms with van der Waals surface area (Å²) in [4.78, 5) is 34.1. The van der Waals surface area contributed by atoms with Gasteiger partial charge in [0, 0.05) is 38.3 Å². The molecule has 3 aliphatic rings. The minimum Gasteiger partial charge on any atom is -0.368 e. The lowest BCUT2D eigenvalue weighted by Crippen LogP contribution is -2.54. The molecular weight excluding hydrogens is 432 g/mol. The SMILES string of the molecule is CCCCC(N=C1NS(=O)(=O)c2ccccc21)C(=O)N1CCN(C(=O)C2CCCO2)CC1. The molecule has 0 saturated carbocycles. The van der Waals surface area contributed by atoms with Crippen molar-refractivity contribution < 1.29 is 22.7 Å². The van der Waals surface area contributed by atoms with Gasteiger partial charge in [0.05, 0.1) is 4.90 Å². The van der Waals surface area contributed by atoms with E-state index in [0.717, 1.165) is 25.7 Å². The Hall–Kier alpha value is -2.46. The molecular formula is C22H30N4O5S. The van der Waals surface area contributed by atoms with Crippen LogP contribution in [0.15, 0.2) is 34.2 Å². The van der Waals surface area contributed by atoms with Gasteiger partial charge in [-0.2, -0.15) is 0 Å². The Bertz CT molecular complexity index is 995. The van der Waals surface area contributed by atoms with E-state index in [-0.39, 0.29) is 28.6 Å². The summed E-state index contributed by atoms with van der Waals surface area (Å²) in [5, 5.41) is 0. The largest absolute Gasteiger partial charge is 0.368 e. The zero-order valence-electron chi connectivity index (χ0n) is 18.3. The molecule has 2 fully saturated rings. The molecule has 3 heterocycles. The van der Waals surface area contributed by atoms with Gasteiger partial charge in [0.2, 0.25) is 5.91 Å². The number of fused-ring (bicyclic) bond motifs is 1. The number of hydrogen-bond acceptors (Lipinski definition) is 6. The lowest BCUT2D eigenvalue weighted by atomic mass is 10.1. The number of rotatable bonds is 6. The average Bonchev–Trinajstić information content (AvgIpc) is 3.43. The predicted molar refractivity (Wildman–Crippen MR) is 119 cm³/mol. The predicted octanol–water partition coefficient (Wildman–Crippen LogP) is 1.13. The number of amidine groups is 1. The van der Waals surface area contributed by atoms with Gasteiger partial charge in [0.25, 0.3) is 15.9 Å². The van der Waals surface area contributed by atoms with Crippen LogP contribution in [0.4, 0.5) is 0 Å². The maximum Gasteiger partial charge on any atom is 0.263 e.